The molecule has 0 aliphatic rings. The molecule has 0 aromatic carbocycles. The molecule has 1 heterocycles. The first-order valence-electron chi connectivity index (χ1n) is 3.53. The fraction of sp³-hybridized carbons (Fsp3) is 0.375. The fourth-order valence-corrected chi connectivity index (χ4v) is 1.41. The van der Waals surface area contributed by atoms with Gasteiger partial charge in [0.05, 0.1) is 0 Å². The monoisotopic (exact) mass is 164 g/mol. The second kappa shape index (κ2) is 3.81. The number of hydrogen-bond donors (Lipinski definition) is 0. The molecule has 0 bridgehead atoms. The van der Waals surface area contributed by atoms with Crippen LogP contribution in [0.1, 0.15) is 11.3 Å². The molecule has 0 unspecified atom stereocenters. The molecule has 0 fully saturated rings. The molecule has 57 valence electrons. The predicted octanol–water partition coefficient (Wildman–Crippen LogP) is 1.31. The Labute approximate surface area is 72.8 Å². The van der Waals surface area contributed by atoms with Crippen molar-refractivity contribution in [1.29, 1.82) is 0 Å². The van der Waals surface area contributed by atoms with E-state index in [2.05, 4.69) is 30.8 Å². The van der Waals surface area contributed by atoms with E-state index in [1.54, 1.807) is 11.6 Å². The average molecular weight is 164 g/mol. The lowest BCUT2D eigenvalue weighted by Gasteiger charge is -2.02. The predicted molar refractivity (Wildman–Crippen MR) is 52.6 cm³/mol. The summed E-state index contributed by atoms with van der Waals surface area (Å²) in [6, 6.07) is 2.10. The Balaban J connectivity index is 2.93. The summed E-state index contributed by atoms with van der Waals surface area (Å²) < 4.78 is 0. The highest BCUT2D eigenvalue weighted by Crippen LogP contribution is 1.97. The van der Waals surface area contributed by atoms with Gasteiger partial charge >= 0.3 is 0 Å². The summed E-state index contributed by atoms with van der Waals surface area (Å²) in [4.78, 5) is 4.19. The maximum atomic E-state index is 4.19. The van der Waals surface area contributed by atoms with Crippen molar-refractivity contribution >= 4 is 23.6 Å². The molecule has 3 heteroatoms. The molecule has 0 N–H and O–H groups in total. The Hall–Kier alpha value is -0.435. The van der Waals surface area contributed by atoms with Crippen LogP contribution in [0.3, 0.4) is 0 Å². The maximum absolute atomic E-state index is 4.19. The lowest BCUT2D eigenvalue weighted by molar-refractivity contribution is 1.18. The van der Waals surface area contributed by atoms with Crippen LogP contribution >= 0.6 is 11.6 Å². The van der Waals surface area contributed by atoms with Crippen LogP contribution in [-0.4, -0.2) is 17.8 Å². The van der Waals surface area contributed by atoms with Crippen LogP contribution < -0.4 is 5.46 Å². The molecule has 11 heavy (non-hydrogen) atoms. The van der Waals surface area contributed by atoms with Gasteiger partial charge in [-0.1, -0.05) is 5.46 Å². The van der Waals surface area contributed by atoms with Gasteiger partial charge in [0.2, 0.25) is 6.56 Å². The Morgan fingerprint density at radius 2 is 2.18 bits per heavy atom. The summed E-state index contributed by atoms with van der Waals surface area (Å²) in [5.74, 6) is 0. The molecular formula is C8H11BNS. The van der Waals surface area contributed by atoms with Crippen LogP contribution in [0.4, 0.5) is 0 Å². The minimum absolute atomic E-state index is 1.08. The van der Waals surface area contributed by atoms with E-state index in [1.807, 2.05) is 13.1 Å². The first-order valence-corrected chi connectivity index (χ1v) is 4.82. The number of rotatable bonds is 2. The number of nitrogens with zero attached hydrogens (tertiary/aromatic N) is 1. The highest BCUT2D eigenvalue weighted by molar-refractivity contribution is 8.23. The summed E-state index contributed by atoms with van der Waals surface area (Å²) in [7, 11) is 0. The number of aryl methyl sites for hydroxylation is 2. The van der Waals surface area contributed by atoms with E-state index in [0.717, 1.165) is 5.69 Å². The minimum Gasteiger partial charge on any atom is -0.261 e. The summed E-state index contributed by atoms with van der Waals surface area (Å²) in [5.41, 5.74) is 3.60. The quantitative estimate of drug-likeness (QED) is 0.611. The van der Waals surface area contributed by atoms with Gasteiger partial charge < -0.3 is 0 Å². The average Bonchev–Trinajstić information content (AvgIpc) is 1.98. The molecule has 1 nitrogen and oxygen atoms in total. The normalized spacial score (nSPS) is 9.73. The van der Waals surface area contributed by atoms with E-state index in [1.165, 1.54) is 11.0 Å². The van der Waals surface area contributed by atoms with Crippen LogP contribution in [0.5, 0.6) is 0 Å². The molecule has 1 radical (unpaired) electrons. The van der Waals surface area contributed by atoms with Gasteiger partial charge in [0.25, 0.3) is 0 Å². The van der Waals surface area contributed by atoms with E-state index in [9.17, 15) is 0 Å². The molecule has 1 aromatic heterocycles. The first kappa shape index (κ1) is 8.66. The van der Waals surface area contributed by atoms with Gasteiger partial charge in [-0.05, 0) is 31.7 Å². The van der Waals surface area contributed by atoms with E-state index in [-0.39, 0.29) is 0 Å². The molecule has 0 spiro atoms. The SMILES string of the molecule is CS[B]c1cc(C)ncc1C. The van der Waals surface area contributed by atoms with Crippen molar-refractivity contribution in [2.24, 2.45) is 0 Å². The van der Waals surface area contributed by atoms with Crippen LogP contribution in [-0.2, 0) is 0 Å². The Morgan fingerprint density at radius 1 is 1.45 bits per heavy atom. The van der Waals surface area contributed by atoms with E-state index in [4.69, 9.17) is 0 Å². The molecule has 0 aliphatic heterocycles. The van der Waals surface area contributed by atoms with Crippen molar-refractivity contribution in [2.75, 3.05) is 6.26 Å². The first-order chi connectivity index (χ1) is 5.24. The van der Waals surface area contributed by atoms with Gasteiger partial charge in [-0.3, -0.25) is 4.98 Å². The largest absolute Gasteiger partial charge is 0.261 e. The van der Waals surface area contributed by atoms with E-state index in [0.29, 0.717) is 0 Å². The Kier molecular flexibility index (Phi) is 3.00. The van der Waals surface area contributed by atoms with Crippen molar-refractivity contribution in [2.45, 2.75) is 13.8 Å². The van der Waals surface area contributed by atoms with E-state index < -0.39 is 0 Å². The number of aromatic nitrogens is 1. The molecule has 0 amide bonds. The Bertz CT molecular complexity index is 250. The third-order valence-electron chi connectivity index (χ3n) is 1.53. The Morgan fingerprint density at radius 3 is 2.82 bits per heavy atom. The summed E-state index contributed by atoms with van der Waals surface area (Å²) in [6.07, 6.45) is 3.98. The van der Waals surface area contributed by atoms with Crippen LogP contribution in [0.25, 0.3) is 0 Å². The van der Waals surface area contributed by atoms with Gasteiger partial charge in [0.15, 0.2) is 0 Å². The minimum atomic E-state index is 1.08. The van der Waals surface area contributed by atoms with E-state index >= 15 is 0 Å². The summed E-state index contributed by atoms with van der Waals surface area (Å²) in [6.45, 7) is 6.23. The number of pyridine rings is 1. The van der Waals surface area contributed by atoms with Crippen molar-refractivity contribution in [3.8, 4) is 0 Å². The van der Waals surface area contributed by atoms with Crippen molar-refractivity contribution in [1.82, 2.24) is 4.98 Å². The third kappa shape index (κ3) is 2.26. The summed E-state index contributed by atoms with van der Waals surface area (Å²) >= 11 is 1.72. The van der Waals surface area contributed by atoms with Gasteiger partial charge in [-0.2, -0.15) is 0 Å². The smallest absolute Gasteiger partial charge is 0.229 e. The van der Waals surface area contributed by atoms with Crippen molar-refractivity contribution in [3.63, 3.8) is 0 Å². The molecule has 0 saturated heterocycles. The van der Waals surface area contributed by atoms with Gasteiger partial charge in [-0.15, -0.1) is 0 Å². The third-order valence-corrected chi connectivity index (χ3v) is 2.02. The zero-order valence-corrected chi connectivity index (χ0v) is 7.90. The maximum Gasteiger partial charge on any atom is 0.229 e. The topological polar surface area (TPSA) is 12.9 Å². The zero-order valence-electron chi connectivity index (χ0n) is 7.09. The molecule has 0 atom stereocenters. The molecule has 1 rings (SSSR count). The highest BCUT2D eigenvalue weighted by atomic mass is 32.2. The van der Waals surface area contributed by atoms with Crippen LogP contribution in [0.2, 0.25) is 0 Å². The standard InChI is InChI=1S/C8H11BNS/c1-6-5-10-7(2)4-8(6)9-11-3/h4-5H,1-3H3. The van der Waals surface area contributed by atoms with Crippen LogP contribution in [0.15, 0.2) is 12.3 Å². The molecular weight excluding hydrogens is 153 g/mol. The molecule has 0 aliphatic carbocycles. The number of hydrogen-bond acceptors (Lipinski definition) is 2. The zero-order chi connectivity index (χ0) is 8.27. The van der Waals surface area contributed by atoms with Crippen LogP contribution in [0, 0.1) is 13.8 Å². The lowest BCUT2D eigenvalue weighted by Crippen LogP contribution is -2.15. The molecule has 1 aromatic rings. The highest BCUT2D eigenvalue weighted by Gasteiger charge is 1.98. The lowest BCUT2D eigenvalue weighted by atomic mass is 9.90. The van der Waals surface area contributed by atoms with Gasteiger partial charge in [0.1, 0.15) is 0 Å². The second-order valence-corrected chi connectivity index (χ2v) is 3.24. The van der Waals surface area contributed by atoms with Crippen molar-refractivity contribution in [3.05, 3.63) is 23.5 Å². The van der Waals surface area contributed by atoms with Crippen molar-refractivity contribution < 1.29 is 0 Å². The second-order valence-electron chi connectivity index (χ2n) is 2.54. The van der Waals surface area contributed by atoms with Gasteiger partial charge in [-0.25, -0.2) is 11.6 Å². The van der Waals surface area contributed by atoms with Gasteiger partial charge in [0, 0.05) is 11.9 Å². The molecule has 0 saturated carbocycles. The summed E-state index contributed by atoms with van der Waals surface area (Å²) in [5, 5.41) is 0. The fourth-order valence-electron chi connectivity index (χ4n) is 0.903.